The summed E-state index contributed by atoms with van der Waals surface area (Å²) in [6.45, 7) is 7.05. The maximum absolute atomic E-state index is 12.9. The van der Waals surface area contributed by atoms with Crippen LogP contribution in [0, 0.1) is 6.92 Å². The van der Waals surface area contributed by atoms with Gasteiger partial charge in [-0.25, -0.2) is 4.98 Å². The number of rotatable bonds is 9. The predicted molar refractivity (Wildman–Crippen MR) is 116 cm³/mol. The molecule has 1 amide bonds. The Morgan fingerprint density at radius 1 is 1.21 bits per heavy atom. The van der Waals surface area contributed by atoms with Gasteiger partial charge in [0.2, 0.25) is 0 Å². The molecule has 3 aromatic rings. The highest BCUT2D eigenvalue weighted by atomic mass is 32.1. The smallest absolute Gasteiger partial charge is 0.254 e. The lowest BCUT2D eigenvalue weighted by molar-refractivity contribution is 0.0760. The SMILES string of the molecule is C=CCN(Cc1csc(COc2ccc(C)cc2)n1)C(=O)c1cccc(OC)c1. The van der Waals surface area contributed by atoms with Gasteiger partial charge in [-0.15, -0.1) is 17.9 Å². The van der Waals surface area contributed by atoms with E-state index in [4.69, 9.17) is 9.47 Å². The second-order valence-electron chi connectivity index (χ2n) is 6.54. The van der Waals surface area contributed by atoms with E-state index in [9.17, 15) is 4.79 Å². The van der Waals surface area contributed by atoms with Crippen molar-refractivity contribution in [2.45, 2.75) is 20.1 Å². The van der Waals surface area contributed by atoms with Gasteiger partial charge in [-0.05, 0) is 37.3 Å². The summed E-state index contributed by atoms with van der Waals surface area (Å²) < 4.78 is 11.0. The number of methoxy groups -OCH3 is 1. The van der Waals surface area contributed by atoms with Crippen molar-refractivity contribution in [2.75, 3.05) is 13.7 Å². The normalized spacial score (nSPS) is 10.4. The zero-order chi connectivity index (χ0) is 20.6. The van der Waals surface area contributed by atoms with Crippen LogP contribution >= 0.6 is 11.3 Å². The highest BCUT2D eigenvalue weighted by Gasteiger charge is 2.17. The van der Waals surface area contributed by atoms with Gasteiger partial charge < -0.3 is 14.4 Å². The minimum absolute atomic E-state index is 0.0887. The Bertz CT molecular complexity index is 966. The van der Waals surface area contributed by atoms with Gasteiger partial charge in [0, 0.05) is 17.5 Å². The zero-order valence-electron chi connectivity index (χ0n) is 16.6. The molecule has 0 N–H and O–H groups in total. The number of hydrogen-bond acceptors (Lipinski definition) is 5. The molecule has 0 spiro atoms. The van der Waals surface area contributed by atoms with Crippen LogP contribution in [0.4, 0.5) is 0 Å². The molecular formula is C23H24N2O3S. The summed E-state index contributed by atoms with van der Waals surface area (Å²) in [5, 5.41) is 2.83. The first kappa shape index (κ1) is 20.6. The molecule has 2 aromatic carbocycles. The van der Waals surface area contributed by atoms with Gasteiger partial charge in [-0.1, -0.05) is 29.8 Å². The summed E-state index contributed by atoms with van der Waals surface area (Å²) >= 11 is 1.53. The number of amides is 1. The van der Waals surface area contributed by atoms with Crippen LogP contribution in [-0.2, 0) is 13.2 Å². The molecule has 0 radical (unpaired) electrons. The van der Waals surface area contributed by atoms with Crippen LogP contribution in [-0.4, -0.2) is 29.4 Å². The molecule has 150 valence electrons. The van der Waals surface area contributed by atoms with Crippen molar-refractivity contribution < 1.29 is 14.3 Å². The van der Waals surface area contributed by atoms with Crippen LogP contribution in [0.15, 0.2) is 66.6 Å². The van der Waals surface area contributed by atoms with Crippen molar-refractivity contribution in [1.29, 1.82) is 0 Å². The standard InChI is InChI=1S/C23H24N2O3S/c1-4-12-25(23(26)18-6-5-7-21(13-18)27-3)14-19-16-29-22(24-19)15-28-20-10-8-17(2)9-11-20/h4-11,13,16H,1,12,14-15H2,2-3H3. The molecule has 3 rings (SSSR count). The Balaban J connectivity index is 1.65. The highest BCUT2D eigenvalue weighted by molar-refractivity contribution is 7.09. The summed E-state index contributed by atoms with van der Waals surface area (Å²) in [4.78, 5) is 19.3. The van der Waals surface area contributed by atoms with Gasteiger partial charge in [0.05, 0.1) is 19.3 Å². The third-order valence-electron chi connectivity index (χ3n) is 4.29. The van der Waals surface area contributed by atoms with Crippen LogP contribution in [0.3, 0.4) is 0 Å². The van der Waals surface area contributed by atoms with E-state index in [1.807, 2.05) is 48.7 Å². The molecule has 0 unspecified atom stereocenters. The Labute approximate surface area is 175 Å². The summed E-state index contributed by atoms with van der Waals surface area (Å²) in [6, 6.07) is 15.1. The fraction of sp³-hybridized carbons (Fsp3) is 0.217. The predicted octanol–water partition coefficient (Wildman–Crippen LogP) is 4.87. The van der Waals surface area contributed by atoms with Crippen molar-refractivity contribution in [3.63, 3.8) is 0 Å². The van der Waals surface area contributed by atoms with Gasteiger partial charge in [-0.2, -0.15) is 0 Å². The Kier molecular flexibility index (Phi) is 7.03. The summed E-state index contributed by atoms with van der Waals surface area (Å²) in [6.07, 6.45) is 1.71. The van der Waals surface area contributed by atoms with Gasteiger partial charge in [0.25, 0.3) is 5.91 Å². The van der Waals surface area contributed by atoms with E-state index in [0.717, 1.165) is 16.5 Å². The number of carbonyl (C=O) groups excluding carboxylic acids is 1. The first-order valence-electron chi connectivity index (χ1n) is 9.26. The average Bonchev–Trinajstić information content (AvgIpc) is 3.20. The maximum Gasteiger partial charge on any atom is 0.254 e. The van der Waals surface area contributed by atoms with Gasteiger partial charge in [0.1, 0.15) is 23.1 Å². The Morgan fingerprint density at radius 3 is 2.72 bits per heavy atom. The van der Waals surface area contributed by atoms with Crippen molar-refractivity contribution in [1.82, 2.24) is 9.88 Å². The topological polar surface area (TPSA) is 51.7 Å². The highest BCUT2D eigenvalue weighted by Crippen LogP contribution is 2.19. The molecule has 0 saturated carbocycles. The quantitative estimate of drug-likeness (QED) is 0.474. The van der Waals surface area contributed by atoms with Crippen molar-refractivity contribution in [3.8, 4) is 11.5 Å². The van der Waals surface area contributed by atoms with Crippen molar-refractivity contribution in [2.24, 2.45) is 0 Å². The van der Waals surface area contributed by atoms with E-state index in [-0.39, 0.29) is 5.91 Å². The first-order chi connectivity index (χ1) is 14.1. The van der Waals surface area contributed by atoms with Crippen LogP contribution in [0.1, 0.15) is 26.6 Å². The second kappa shape index (κ2) is 9.89. The minimum atomic E-state index is -0.0887. The largest absolute Gasteiger partial charge is 0.497 e. The number of hydrogen-bond donors (Lipinski definition) is 0. The molecule has 0 aliphatic rings. The van der Waals surface area contributed by atoms with E-state index >= 15 is 0 Å². The lowest BCUT2D eigenvalue weighted by Gasteiger charge is -2.20. The van der Waals surface area contributed by atoms with E-state index in [1.54, 1.807) is 30.2 Å². The van der Waals surface area contributed by atoms with E-state index in [0.29, 0.717) is 31.0 Å². The molecule has 0 aliphatic carbocycles. The third-order valence-corrected chi connectivity index (χ3v) is 5.16. The summed E-state index contributed by atoms with van der Waals surface area (Å²) in [5.41, 5.74) is 2.59. The number of aryl methyl sites for hydroxylation is 1. The van der Waals surface area contributed by atoms with Gasteiger partial charge >= 0.3 is 0 Å². The maximum atomic E-state index is 12.9. The Hall–Kier alpha value is -3.12. The number of ether oxygens (including phenoxy) is 2. The van der Waals surface area contributed by atoms with Crippen LogP contribution in [0.2, 0.25) is 0 Å². The minimum Gasteiger partial charge on any atom is -0.497 e. The molecule has 0 aliphatic heterocycles. The molecule has 0 bridgehead atoms. The van der Waals surface area contributed by atoms with E-state index in [1.165, 1.54) is 16.9 Å². The molecule has 1 aromatic heterocycles. The van der Waals surface area contributed by atoms with E-state index < -0.39 is 0 Å². The van der Waals surface area contributed by atoms with Crippen LogP contribution in [0.5, 0.6) is 11.5 Å². The molecule has 6 heteroatoms. The molecule has 5 nitrogen and oxygen atoms in total. The number of nitrogens with zero attached hydrogens (tertiary/aromatic N) is 2. The zero-order valence-corrected chi connectivity index (χ0v) is 17.4. The number of benzene rings is 2. The monoisotopic (exact) mass is 408 g/mol. The van der Waals surface area contributed by atoms with Crippen LogP contribution < -0.4 is 9.47 Å². The lowest BCUT2D eigenvalue weighted by Crippen LogP contribution is -2.30. The molecular weight excluding hydrogens is 384 g/mol. The van der Waals surface area contributed by atoms with Crippen molar-refractivity contribution >= 4 is 17.2 Å². The number of aromatic nitrogens is 1. The Morgan fingerprint density at radius 2 is 2.00 bits per heavy atom. The number of thiazole rings is 1. The molecule has 29 heavy (non-hydrogen) atoms. The fourth-order valence-electron chi connectivity index (χ4n) is 2.78. The molecule has 0 saturated heterocycles. The van der Waals surface area contributed by atoms with Crippen molar-refractivity contribution in [3.05, 3.63) is 88.4 Å². The van der Waals surface area contributed by atoms with E-state index in [2.05, 4.69) is 11.6 Å². The molecule has 0 fully saturated rings. The number of carbonyl (C=O) groups is 1. The fourth-order valence-corrected chi connectivity index (χ4v) is 3.47. The summed E-state index contributed by atoms with van der Waals surface area (Å²) in [5.74, 6) is 1.38. The van der Waals surface area contributed by atoms with Gasteiger partial charge in [-0.3, -0.25) is 4.79 Å². The lowest BCUT2D eigenvalue weighted by atomic mass is 10.2. The second-order valence-corrected chi connectivity index (χ2v) is 7.48. The third kappa shape index (κ3) is 5.68. The first-order valence-corrected chi connectivity index (χ1v) is 10.1. The van der Waals surface area contributed by atoms with Gasteiger partial charge in [0.15, 0.2) is 0 Å². The summed E-state index contributed by atoms with van der Waals surface area (Å²) in [7, 11) is 1.58. The molecule has 0 atom stereocenters. The average molecular weight is 409 g/mol. The molecule has 1 heterocycles. The van der Waals surface area contributed by atoms with Crippen LogP contribution in [0.25, 0.3) is 0 Å².